The normalized spacial score (nSPS) is 12.1. The van der Waals surface area contributed by atoms with Crippen LogP contribution in [0.15, 0.2) is 16.6 Å². The molecule has 0 radical (unpaired) electrons. The molecule has 1 aromatic carbocycles. The largest absolute Gasteiger partial charge is 0.491 e. The van der Waals surface area contributed by atoms with E-state index in [0.29, 0.717) is 12.8 Å². The summed E-state index contributed by atoms with van der Waals surface area (Å²) in [6, 6.07) is 3.97. The molecule has 0 heterocycles. The number of nitrogens with one attached hydrogen (secondary N) is 1. The third-order valence-corrected chi connectivity index (χ3v) is 3.94. The van der Waals surface area contributed by atoms with E-state index in [1.54, 1.807) is 0 Å². The zero-order chi connectivity index (χ0) is 13.7. The third-order valence-electron chi connectivity index (χ3n) is 2.69. The number of hydrogen-bond donors (Lipinski definition) is 2. The predicted octanol–water partition coefficient (Wildman–Crippen LogP) is 2.60. The topological polar surface area (TPSA) is 64.3 Å². The Hall–Kier alpha value is -1.07. The number of carbonyl (C=O) groups excluding carboxylic acids is 1. The minimum atomic E-state index is -0.173. The number of benzene rings is 1. The first-order valence-corrected chi connectivity index (χ1v) is 6.66. The van der Waals surface area contributed by atoms with Gasteiger partial charge in [0.25, 0.3) is 0 Å². The van der Waals surface area contributed by atoms with E-state index in [9.17, 15) is 4.79 Å². The Bertz CT molecular complexity index is 412. The zero-order valence-electron chi connectivity index (χ0n) is 10.9. The van der Waals surface area contributed by atoms with Crippen LogP contribution >= 0.6 is 15.9 Å². The molecule has 0 aliphatic rings. The zero-order valence-corrected chi connectivity index (χ0v) is 12.5. The molecule has 0 bridgehead atoms. The van der Waals surface area contributed by atoms with Crippen LogP contribution in [0, 0.1) is 13.8 Å². The first-order chi connectivity index (χ1) is 8.43. The summed E-state index contributed by atoms with van der Waals surface area (Å²) >= 11 is 3.52. The van der Waals surface area contributed by atoms with Gasteiger partial charge in [-0.2, -0.15) is 0 Å². The Kier molecular flexibility index (Phi) is 5.62. The molecule has 0 aromatic heterocycles. The van der Waals surface area contributed by atoms with Gasteiger partial charge in [-0.05, 0) is 50.5 Å². The van der Waals surface area contributed by atoms with Gasteiger partial charge in [-0.25, -0.2) is 5.84 Å². The number of halogens is 1. The second-order valence-corrected chi connectivity index (χ2v) is 5.20. The van der Waals surface area contributed by atoms with Crippen LogP contribution in [0.1, 0.15) is 30.9 Å². The van der Waals surface area contributed by atoms with Gasteiger partial charge < -0.3 is 4.74 Å². The first kappa shape index (κ1) is 15.0. The Balaban J connectivity index is 2.59. The van der Waals surface area contributed by atoms with Gasteiger partial charge in [0.15, 0.2) is 0 Å². The number of ether oxygens (including phenoxy) is 1. The number of aryl methyl sites for hydroxylation is 2. The van der Waals surface area contributed by atoms with Crippen LogP contribution in [0.5, 0.6) is 5.75 Å². The minimum absolute atomic E-state index is 0.0257. The fourth-order valence-electron chi connectivity index (χ4n) is 1.67. The Morgan fingerprint density at radius 1 is 1.44 bits per heavy atom. The molecule has 0 spiro atoms. The average Bonchev–Trinajstić information content (AvgIpc) is 2.32. The molecule has 0 aliphatic heterocycles. The van der Waals surface area contributed by atoms with Gasteiger partial charge in [0.2, 0.25) is 5.91 Å². The summed E-state index contributed by atoms with van der Waals surface area (Å²) in [4.78, 5) is 11.0. The Morgan fingerprint density at radius 2 is 2.00 bits per heavy atom. The summed E-state index contributed by atoms with van der Waals surface area (Å²) in [5.74, 6) is 5.68. The number of carbonyl (C=O) groups is 1. The van der Waals surface area contributed by atoms with Gasteiger partial charge in [0, 0.05) is 10.9 Å². The molecule has 5 heteroatoms. The molecule has 3 N–H and O–H groups in total. The molecule has 1 rings (SSSR count). The molecular formula is C13H19BrN2O2. The standard InChI is InChI=1S/C13H19BrN2O2/c1-8-6-11(7-9(2)13(8)14)18-10(3)4-5-12(17)16-15/h6-7,10H,4-5,15H2,1-3H3,(H,16,17). The lowest BCUT2D eigenvalue weighted by molar-refractivity contribution is -0.121. The molecule has 1 aromatic rings. The summed E-state index contributed by atoms with van der Waals surface area (Å²) in [7, 11) is 0. The maximum Gasteiger partial charge on any atom is 0.234 e. The third kappa shape index (κ3) is 4.31. The second kappa shape index (κ2) is 6.75. The maximum atomic E-state index is 11.0. The van der Waals surface area contributed by atoms with Crippen molar-refractivity contribution >= 4 is 21.8 Å². The van der Waals surface area contributed by atoms with E-state index in [1.807, 2.05) is 32.9 Å². The summed E-state index contributed by atoms with van der Waals surface area (Å²) in [5, 5.41) is 0. The van der Waals surface area contributed by atoms with Crippen molar-refractivity contribution in [3.63, 3.8) is 0 Å². The monoisotopic (exact) mass is 314 g/mol. The van der Waals surface area contributed by atoms with Crippen molar-refractivity contribution in [2.45, 2.75) is 39.7 Å². The van der Waals surface area contributed by atoms with Crippen LogP contribution in [0.25, 0.3) is 0 Å². The number of rotatable bonds is 5. The van der Waals surface area contributed by atoms with Gasteiger partial charge in [-0.1, -0.05) is 15.9 Å². The number of hydrogen-bond acceptors (Lipinski definition) is 3. The maximum absolute atomic E-state index is 11.0. The predicted molar refractivity (Wildman–Crippen MR) is 75.3 cm³/mol. The Labute approximate surface area is 116 Å². The van der Waals surface area contributed by atoms with Crippen molar-refractivity contribution in [2.24, 2.45) is 5.84 Å². The molecule has 1 atom stereocenters. The lowest BCUT2D eigenvalue weighted by Crippen LogP contribution is -2.30. The lowest BCUT2D eigenvalue weighted by Gasteiger charge is -2.16. The van der Waals surface area contributed by atoms with Gasteiger partial charge in [0.05, 0.1) is 6.10 Å². The van der Waals surface area contributed by atoms with E-state index in [1.165, 1.54) is 0 Å². The van der Waals surface area contributed by atoms with E-state index in [0.717, 1.165) is 21.3 Å². The highest BCUT2D eigenvalue weighted by atomic mass is 79.9. The van der Waals surface area contributed by atoms with Crippen molar-refractivity contribution in [3.8, 4) is 5.75 Å². The molecule has 0 saturated carbocycles. The summed E-state index contributed by atoms with van der Waals surface area (Å²) in [5.41, 5.74) is 4.38. The van der Waals surface area contributed by atoms with Crippen LogP contribution in [-0.2, 0) is 4.79 Å². The number of nitrogens with two attached hydrogens (primary N) is 1. The fraction of sp³-hybridized carbons (Fsp3) is 0.462. The SMILES string of the molecule is Cc1cc(OC(C)CCC(=O)NN)cc(C)c1Br. The van der Waals surface area contributed by atoms with Gasteiger partial charge >= 0.3 is 0 Å². The molecule has 0 aliphatic carbocycles. The van der Waals surface area contributed by atoms with Gasteiger partial charge in [0.1, 0.15) is 5.75 Å². The van der Waals surface area contributed by atoms with Crippen LogP contribution in [0.4, 0.5) is 0 Å². The summed E-state index contributed by atoms with van der Waals surface area (Å²) < 4.78 is 6.89. The quantitative estimate of drug-likeness (QED) is 0.499. The molecule has 18 heavy (non-hydrogen) atoms. The van der Waals surface area contributed by atoms with Crippen LogP contribution in [0.2, 0.25) is 0 Å². The van der Waals surface area contributed by atoms with Crippen molar-refractivity contribution in [1.82, 2.24) is 5.43 Å². The molecular weight excluding hydrogens is 296 g/mol. The summed E-state index contributed by atoms with van der Waals surface area (Å²) in [6.07, 6.45) is 0.978. The number of amides is 1. The molecule has 1 unspecified atom stereocenters. The Morgan fingerprint density at radius 3 is 2.50 bits per heavy atom. The van der Waals surface area contributed by atoms with Gasteiger partial charge in [-0.3, -0.25) is 10.2 Å². The van der Waals surface area contributed by atoms with E-state index in [-0.39, 0.29) is 12.0 Å². The molecule has 100 valence electrons. The van der Waals surface area contributed by atoms with Crippen molar-refractivity contribution < 1.29 is 9.53 Å². The highest BCUT2D eigenvalue weighted by Crippen LogP contribution is 2.27. The smallest absolute Gasteiger partial charge is 0.234 e. The van der Waals surface area contributed by atoms with Crippen molar-refractivity contribution in [2.75, 3.05) is 0 Å². The van der Waals surface area contributed by atoms with E-state index in [2.05, 4.69) is 21.4 Å². The van der Waals surface area contributed by atoms with E-state index >= 15 is 0 Å². The lowest BCUT2D eigenvalue weighted by atomic mass is 10.1. The van der Waals surface area contributed by atoms with Crippen LogP contribution < -0.4 is 16.0 Å². The number of hydrazine groups is 1. The van der Waals surface area contributed by atoms with Crippen molar-refractivity contribution in [3.05, 3.63) is 27.7 Å². The molecule has 0 fully saturated rings. The van der Waals surface area contributed by atoms with Crippen LogP contribution in [0.3, 0.4) is 0 Å². The molecule has 0 saturated heterocycles. The van der Waals surface area contributed by atoms with Gasteiger partial charge in [-0.15, -0.1) is 0 Å². The van der Waals surface area contributed by atoms with E-state index in [4.69, 9.17) is 10.6 Å². The van der Waals surface area contributed by atoms with E-state index < -0.39 is 0 Å². The minimum Gasteiger partial charge on any atom is -0.491 e. The van der Waals surface area contributed by atoms with Crippen molar-refractivity contribution in [1.29, 1.82) is 0 Å². The average molecular weight is 315 g/mol. The fourth-order valence-corrected chi connectivity index (χ4v) is 1.90. The first-order valence-electron chi connectivity index (χ1n) is 5.87. The molecule has 1 amide bonds. The van der Waals surface area contributed by atoms with Crippen LogP contribution in [-0.4, -0.2) is 12.0 Å². The molecule has 4 nitrogen and oxygen atoms in total. The highest BCUT2D eigenvalue weighted by molar-refractivity contribution is 9.10. The second-order valence-electron chi connectivity index (χ2n) is 4.41. The highest BCUT2D eigenvalue weighted by Gasteiger charge is 2.09. The summed E-state index contributed by atoms with van der Waals surface area (Å²) in [6.45, 7) is 5.99.